The summed E-state index contributed by atoms with van der Waals surface area (Å²) in [5.74, 6) is 1.66. The zero-order valence-corrected chi connectivity index (χ0v) is 15.9. The smallest absolute Gasteiger partial charge is 0.234 e. The molecule has 144 valence electrons. The van der Waals surface area contributed by atoms with Crippen LogP contribution in [-0.4, -0.2) is 51.2 Å². The molecule has 0 radical (unpaired) electrons. The molecule has 0 bridgehead atoms. The van der Waals surface area contributed by atoms with Crippen molar-refractivity contribution in [3.63, 3.8) is 0 Å². The van der Waals surface area contributed by atoms with Gasteiger partial charge in [0, 0.05) is 31.7 Å². The summed E-state index contributed by atoms with van der Waals surface area (Å²) in [6.07, 6.45) is 0. The van der Waals surface area contributed by atoms with Crippen LogP contribution in [0, 0.1) is 0 Å². The van der Waals surface area contributed by atoms with Crippen LogP contribution in [0.1, 0.15) is 17.2 Å². The molecule has 0 aliphatic carbocycles. The van der Waals surface area contributed by atoms with Crippen molar-refractivity contribution < 1.29 is 14.3 Å². The predicted octanol–water partition coefficient (Wildman–Crippen LogP) is 1.97. The second-order valence-electron chi connectivity index (χ2n) is 6.56. The molecule has 1 unspecified atom stereocenters. The standard InChI is InChI=1S/C21H27N3O3/c1-26-17-7-5-6-16(12-17)13-23-21(25)15-24-11-10-22-14-19(24)18-8-3-4-9-20(18)27-2/h3-9,12,19,22H,10-11,13-15H2,1-2H3,(H,23,25). The minimum atomic E-state index is 0.0135. The van der Waals surface area contributed by atoms with Crippen LogP contribution in [0.4, 0.5) is 0 Å². The van der Waals surface area contributed by atoms with E-state index in [0.29, 0.717) is 13.1 Å². The number of para-hydroxylation sites is 1. The lowest BCUT2D eigenvalue weighted by Crippen LogP contribution is -2.49. The molecule has 2 N–H and O–H groups in total. The molecular weight excluding hydrogens is 342 g/mol. The Morgan fingerprint density at radius 1 is 1.19 bits per heavy atom. The zero-order valence-electron chi connectivity index (χ0n) is 15.9. The number of methoxy groups -OCH3 is 2. The highest BCUT2D eigenvalue weighted by Crippen LogP contribution is 2.29. The number of rotatable bonds is 7. The monoisotopic (exact) mass is 369 g/mol. The van der Waals surface area contributed by atoms with E-state index in [1.165, 1.54) is 0 Å². The van der Waals surface area contributed by atoms with Crippen molar-refractivity contribution in [3.05, 3.63) is 59.7 Å². The maximum Gasteiger partial charge on any atom is 0.234 e. The fraction of sp³-hybridized carbons (Fsp3) is 0.381. The molecule has 1 saturated heterocycles. The van der Waals surface area contributed by atoms with E-state index in [2.05, 4.69) is 21.6 Å². The number of nitrogens with zero attached hydrogens (tertiary/aromatic N) is 1. The van der Waals surface area contributed by atoms with Gasteiger partial charge in [-0.3, -0.25) is 9.69 Å². The number of hydrogen-bond acceptors (Lipinski definition) is 5. The van der Waals surface area contributed by atoms with Gasteiger partial charge in [-0.15, -0.1) is 0 Å². The first-order valence-corrected chi connectivity index (χ1v) is 9.18. The van der Waals surface area contributed by atoms with Gasteiger partial charge in [-0.25, -0.2) is 0 Å². The zero-order chi connectivity index (χ0) is 19.1. The van der Waals surface area contributed by atoms with Crippen LogP contribution in [0.2, 0.25) is 0 Å². The summed E-state index contributed by atoms with van der Waals surface area (Å²) in [5.41, 5.74) is 2.12. The molecule has 1 amide bonds. The van der Waals surface area contributed by atoms with Gasteiger partial charge in [0.25, 0.3) is 0 Å². The molecule has 2 aromatic rings. The summed E-state index contributed by atoms with van der Waals surface area (Å²) >= 11 is 0. The van der Waals surface area contributed by atoms with Gasteiger partial charge in [0.1, 0.15) is 11.5 Å². The normalized spacial score (nSPS) is 17.3. The summed E-state index contributed by atoms with van der Waals surface area (Å²) in [7, 11) is 3.32. The topological polar surface area (TPSA) is 62.8 Å². The maximum atomic E-state index is 12.5. The first-order valence-electron chi connectivity index (χ1n) is 9.18. The number of benzene rings is 2. The van der Waals surface area contributed by atoms with Crippen molar-refractivity contribution >= 4 is 5.91 Å². The third-order valence-corrected chi connectivity index (χ3v) is 4.82. The Morgan fingerprint density at radius 2 is 2.04 bits per heavy atom. The third kappa shape index (κ3) is 4.99. The molecule has 1 heterocycles. The number of amides is 1. The molecule has 27 heavy (non-hydrogen) atoms. The largest absolute Gasteiger partial charge is 0.497 e. The van der Waals surface area contributed by atoms with E-state index in [9.17, 15) is 4.79 Å². The second-order valence-corrected chi connectivity index (χ2v) is 6.56. The lowest BCUT2D eigenvalue weighted by Gasteiger charge is -2.36. The molecule has 6 nitrogen and oxygen atoms in total. The van der Waals surface area contributed by atoms with Crippen LogP contribution in [0.3, 0.4) is 0 Å². The van der Waals surface area contributed by atoms with E-state index in [1.54, 1.807) is 14.2 Å². The van der Waals surface area contributed by atoms with E-state index in [-0.39, 0.29) is 11.9 Å². The van der Waals surface area contributed by atoms with E-state index in [0.717, 1.165) is 42.3 Å². The van der Waals surface area contributed by atoms with E-state index >= 15 is 0 Å². The highest BCUT2D eigenvalue weighted by molar-refractivity contribution is 5.78. The third-order valence-electron chi connectivity index (χ3n) is 4.82. The Labute approximate surface area is 160 Å². The molecule has 6 heteroatoms. The fourth-order valence-corrected chi connectivity index (χ4v) is 3.41. The highest BCUT2D eigenvalue weighted by atomic mass is 16.5. The molecule has 1 aliphatic heterocycles. The second kappa shape index (κ2) is 9.39. The van der Waals surface area contributed by atoms with Crippen LogP contribution in [0.5, 0.6) is 11.5 Å². The van der Waals surface area contributed by atoms with Crippen molar-refractivity contribution in [1.82, 2.24) is 15.5 Å². The Hall–Kier alpha value is -2.57. The van der Waals surface area contributed by atoms with Crippen molar-refractivity contribution in [1.29, 1.82) is 0 Å². The van der Waals surface area contributed by atoms with Gasteiger partial charge in [-0.2, -0.15) is 0 Å². The molecule has 1 fully saturated rings. The van der Waals surface area contributed by atoms with Crippen molar-refractivity contribution in [2.45, 2.75) is 12.6 Å². The summed E-state index contributed by atoms with van der Waals surface area (Å²) in [6, 6.07) is 15.8. The summed E-state index contributed by atoms with van der Waals surface area (Å²) < 4.78 is 10.7. The Balaban J connectivity index is 1.62. The lowest BCUT2D eigenvalue weighted by atomic mass is 10.0. The van der Waals surface area contributed by atoms with E-state index in [4.69, 9.17) is 9.47 Å². The van der Waals surface area contributed by atoms with Gasteiger partial charge < -0.3 is 20.1 Å². The predicted molar refractivity (Wildman–Crippen MR) is 105 cm³/mol. The summed E-state index contributed by atoms with van der Waals surface area (Å²) in [4.78, 5) is 14.7. The maximum absolute atomic E-state index is 12.5. The molecule has 1 atom stereocenters. The van der Waals surface area contributed by atoms with Crippen LogP contribution >= 0.6 is 0 Å². The Kier molecular flexibility index (Phi) is 6.68. The molecule has 3 rings (SSSR count). The van der Waals surface area contributed by atoms with Crippen molar-refractivity contribution in [3.8, 4) is 11.5 Å². The Bertz CT molecular complexity index is 766. The number of hydrogen-bond donors (Lipinski definition) is 2. The molecule has 0 saturated carbocycles. The van der Waals surface area contributed by atoms with Crippen LogP contribution in [0.25, 0.3) is 0 Å². The number of carbonyl (C=O) groups excluding carboxylic acids is 1. The number of carbonyl (C=O) groups is 1. The summed E-state index contributed by atoms with van der Waals surface area (Å²) in [5, 5.41) is 6.43. The molecular formula is C21H27N3O3. The van der Waals surface area contributed by atoms with Gasteiger partial charge >= 0.3 is 0 Å². The molecule has 0 spiro atoms. The number of nitrogens with one attached hydrogen (secondary N) is 2. The van der Waals surface area contributed by atoms with Crippen LogP contribution < -0.4 is 20.1 Å². The van der Waals surface area contributed by atoms with Gasteiger partial charge in [0.05, 0.1) is 26.8 Å². The van der Waals surface area contributed by atoms with E-state index < -0.39 is 0 Å². The van der Waals surface area contributed by atoms with E-state index in [1.807, 2.05) is 42.5 Å². The van der Waals surface area contributed by atoms with Crippen LogP contribution in [0.15, 0.2) is 48.5 Å². The minimum Gasteiger partial charge on any atom is -0.497 e. The average molecular weight is 369 g/mol. The number of ether oxygens (including phenoxy) is 2. The minimum absolute atomic E-state index is 0.0135. The van der Waals surface area contributed by atoms with Crippen LogP contribution in [-0.2, 0) is 11.3 Å². The quantitative estimate of drug-likeness (QED) is 0.781. The average Bonchev–Trinajstić information content (AvgIpc) is 2.73. The fourth-order valence-electron chi connectivity index (χ4n) is 3.41. The highest BCUT2D eigenvalue weighted by Gasteiger charge is 2.27. The SMILES string of the molecule is COc1cccc(CNC(=O)CN2CCNCC2c2ccccc2OC)c1. The molecule has 1 aliphatic rings. The van der Waals surface area contributed by atoms with Gasteiger partial charge in [0.2, 0.25) is 5.91 Å². The van der Waals surface area contributed by atoms with Crippen molar-refractivity contribution in [2.75, 3.05) is 40.4 Å². The lowest BCUT2D eigenvalue weighted by molar-refractivity contribution is -0.123. The first-order chi connectivity index (χ1) is 13.2. The van der Waals surface area contributed by atoms with Gasteiger partial charge in [0.15, 0.2) is 0 Å². The Morgan fingerprint density at radius 3 is 2.85 bits per heavy atom. The molecule has 2 aromatic carbocycles. The first kappa shape index (κ1) is 19.2. The number of piperazine rings is 1. The van der Waals surface area contributed by atoms with Crippen molar-refractivity contribution in [2.24, 2.45) is 0 Å². The van der Waals surface area contributed by atoms with Gasteiger partial charge in [-0.05, 0) is 23.8 Å². The van der Waals surface area contributed by atoms with Gasteiger partial charge in [-0.1, -0.05) is 30.3 Å². The summed E-state index contributed by atoms with van der Waals surface area (Å²) in [6.45, 7) is 3.32. The molecule has 0 aromatic heterocycles.